The second kappa shape index (κ2) is 7.73. The van der Waals surface area contributed by atoms with E-state index in [0.29, 0.717) is 0 Å². The highest BCUT2D eigenvalue weighted by Crippen LogP contribution is 2.35. The Labute approximate surface area is 144 Å². The molecule has 0 aliphatic heterocycles. The third-order valence-corrected chi connectivity index (χ3v) is 4.80. The van der Waals surface area contributed by atoms with Crippen molar-refractivity contribution < 1.29 is 5.11 Å². The molecule has 3 aromatic rings. The van der Waals surface area contributed by atoms with E-state index in [1.807, 2.05) is 18.2 Å². The molecule has 0 aliphatic rings. The van der Waals surface area contributed by atoms with Gasteiger partial charge in [0.25, 0.3) is 0 Å². The molecule has 1 aromatic carbocycles. The van der Waals surface area contributed by atoms with Crippen LogP contribution in [0.1, 0.15) is 19.3 Å². The molecule has 120 valence electrons. The van der Waals surface area contributed by atoms with Crippen LogP contribution in [0.2, 0.25) is 5.28 Å². The van der Waals surface area contributed by atoms with Gasteiger partial charge in [-0.2, -0.15) is 0 Å². The van der Waals surface area contributed by atoms with Crippen LogP contribution in [0.5, 0.6) is 0 Å². The Hall–Kier alpha value is -1.69. The van der Waals surface area contributed by atoms with Crippen molar-refractivity contribution in [1.29, 1.82) is 0 Å². The molecule has 3 rings (SSSR count). The van der Waals surface area contributed by atoms with Gasteiger partial charge in [0.2, 0.25) is 5.28 Å². The van der Waals surface area contributed by atoms with E-state index in [-0.39, 0.29) is 11.9 Å². The summed E-state index contributed by atoms with van der Waals surface area (Å²) < 4.78 is 0. The zero-order valence-electron chi connectivity index (χ0n) is 12.6. The fourth-order valence-corrected chi connectivity index (χ4v) is 3.65. The number of thiophene rings is 1. The van der Waals surface area contributed by atoms with Crippen LogP contribution >= 0.6 is 22.9 Å². The molecule has 0 radical (unpaired) electrons. The number of hydrogen-bond donors (Lipinski definition) is 2. The number of nitrogens with one attached hydrogen (secondary N) is 1. The number of rotatable bonds is 7. The Kier molecular flexibility index (Phi) is 5.43. The van der Waals surface area contributed by atoms with Crippen molar-refractivity contribution >= 4 is 39.0 Å². The first-order chi connectivity index (χ1) is 11.3. The number of aliphatic hydroxyl groups excluding tert-OH is 1. The Balaban J connectivity index is 1.84. The van der Waals surface area contributed by atoms with E-state index < -0.39 is 0 Å². The second-order valence-corrected chi connectivity index (χ2v) is 6.62. The zero-order chi connectivity index (χ0) is 16.1. The standard InChI is InChI=1S/C17H18ClN3OS/c18-17-20-15(19-9-5-2-6-10-22)13-11-14(23-16(13)21-17)12-7-3-1-4-8-12/h1,3-4,7-8,11,22H,2,5-6,9-10H2,(H,19,20,21). The molecule has 0 bridgehead atoms. The number of fused-ring (bicyclic) bond motifs is 1. The lowest BCUT2D eigenvalue weighted by atomic mass is 10.2. The average molecular weight is 348 g/mol. The summed E-state index contributed by atoms with van der Waals surface area (Å²) in [6.45, 7) is 1.05. The maximum Gasteiger partial charge on any atom is 0.225 e. The lowest BCUT2D eigenvalue weighted by Crippen LogP contribution is -2.04. The molecular formula is C17H18ClN3OS. The van der Waals surface area contributed by atoms with Crippen molar-refractivity contribution in [3.8, 4) is 10.4 Å². The van der Waals surface area contributed by atoms with E-state index in [9.17, 15) is 0 Å². The van der Waals surface area contributed by atoms with Gasteiger partial charge in [-0.05, 0) is 42.5 Å². The molecule has 23 heavy (non-hydrogen) atoms. The van der Waals surface area contributed by atoms with Crippen LogP contribution in [0.15, 0.2) is 36.4 Å². The number of unbranched alkanes of at least 4 members (excludes halogenated alkanes) is 2. The van der Waals surface area contributed by atoms with Crippen molar-refractivity contribution in [3.05, 3.63) is 41.7 Å². The van der Waals surface area contributed by atoms with E-state index in [0.717, 1.165) is 46.7 Å². The second-order valence-electron chi connectivity index (χ2n) is 5.25. The summed E-state index contributed by atoms with van der Waals surface area (Å²) in [6.07, 6.45) is 2.81. The van der Waals surface area contributed by atoms with Gasteiger partial charge in [0.05, 0.1) is 5.39 Å². The summed E-state index contributed by atoms with van der Waals surface area (Å²) in [6, 6.07) is 12.3. The summed E-state index contributed by atoms with van der Waals surface area (Å²) in [7, 11) is 0. The predicted octanol–water partition coefficient (Wildman–Crippen LogP) is 4.59. The molecule has 0 saturated carbocycles. The van der Waals surface area contributed by atoms with Crippen LogP contribution in [0.4, 0.5) is 5.82 Å². The van der Waals surface area contributed by atoms with Crippen molar-refractivity contribution in [2.75, 3.05) is 18.5 Å². The van der Waals surface area contributed by atoms with Gasteiger partial charge in [0, 0.05) is 18.0 Å². The fraction of sp³-hybridized carbons (Fsp3) is 0.294. The van der Waals surface area contributed by atoms with E-state index >= 15 is 0 Å². The van der Waals surface area contributed by atoms with Crippen molar-refractivity contribution in [2.45, 2.75) is 19.3 Å². The molecule has 2 N–H and O–H groups in total. The van der Waals surface area contributed by atoms with E-state index in [4.69, 9.17) is 16.7 Å². The number of anilines is 1. The van der Waals surface area contributed by atoms with Crippen LogP contribution in [0.25, 0.3) is 20.7 Å². The van der Waals surface area contributed by atoms with Crippen LogP contribution < -0.4 is 5.32 Å². The fourth-order valence-electron chi connectivity index (χ4n) is 2.40. The maximum absolute atomic E-state index is 8.81. The first-order valence-electron chi connectivity index (χ1n) is 7.65. The quantitative estimate of drug-likeness (QED) is 0.485. The Bertz CT molecular complexity index is 776. The summed E-state index contributed by atoms with van der Waals surface area (Å²) >= 11 is 7.67. The zero-order valence-corrected chi connectivity index (χ0v) is 14.2. The molecule has 0 fully saturated rings. The number of aromatic nitrogens is 2. The molecular weight excluding hydrogens is 330 g/mol. The van der Waals surface area contributed by atoms with Crippen LogP contribution in [0, 0.1) is 0 Å². The minimum Gasteiger partial charge on any atom is -0.396 e. The van der Waals surface area contributed by atoms with Gasteiger partial charge in [-0.25, -0.2) is 9.97 Å². The average Bonchev–Trinajstić information content (AvgIpc) is 2.99. The summed E-state index contributed by atoms with van der Waals surface area (Å²) in [5.74, 6) is 0.780. The number of halogens is 1. The molecule has 0 unspecified atom stereocenters. The number of nitrogens with zero attached hydrogens (tertiary/aromatic N) is 2. The number of hydrogen-bond acceptors (Lipinski definition) is 5. The molecule has 0 atom stereocenters. The highest BCUT2D eigenvalue weighted by atomic mass is 35.5. The first-order valence-corrected chi connectivity index (χ1v) is 8.84. The largest absolute Gasteiger partial charge is 0.396 e. The summed E-state index contributed by atoms with van der Waals surface area (Å²) in [5, 5.41) is 13.4. The van der Waals surface area contributed by atoms with Crippen LogP contribution in [-0.2, 0) is 0 Å². The van der Waals surface area contributed by atoms with Crippen molar-refractivity contribution in [1.82, 2.24) is 9.97 Å². The Morgan fingerprint density at radius 3 is 2.70 bits per heavy atom. The van der Waals surface area contributed by atoms with Crippen LogP contribution in [-0.4, -0.2) is 28.2 Å². The van der Waals surface area contributed by atoms with Crippen LogP contribution in [0.3, 0.4) is 0 Å². The molecule has 0 saturated heterocycles. The van der Waals surface area contributed by atoms with Gasteiger partial charge in [0.15, 0.2) is 0 Å². The third-order valence-electron chi connectivity index (χ3n) is 3.55. The van der Waals surface area contributed by atoms with Gasteiger partial charge in [0.1, 0.15) is 10.6 Å². The topological polar surface area (TPSA) is 58.0 Å². The molecule has 2 heterocycles. The molecule has 0 aliphatic carbocycles. The highest BCUT2D eigenvalue weighted by molar-refractivity contribution is 7.22. The summed E-state index contributed by atoms with van der Waals surface area (Å²) in [4.78, 5) is 10.7. The molecule has 0 spiro atoms. The van der Waals surface area contributed by atoms with Gasteiger partial charge in [-0.15, -0.1) is 11.3 Å². The summed E-state index contributed by atoms with van der Waals surface area (Å²) in [5.41, 5.74) is 1.17. The predicted molar refractivity (Wildman–Crippen MR) is 97.3 cm³/mol. The minimum absolute atomic E-state index is 0.245. The Morgan fingerprint density at radius 1 is 1.09 bits per heavy atom. The SMILES string of the molecule is OCCCCCNc1nc(Cl)nc2sc(-c3ccccc3)cc12. The monoisotopic (exact) mass is 347 g/mol. The smallest absolute Gasteiger partial charge is 0.225 e. The third kappa shape index (κ3) is 3.99. The molecule has 0 amide bonds. The lowest BCUT2D eigenvalue weighted by molar-refractivity contribution is 0.283. The molecule has 4 nitrogen and oxygen atoms in total. The van der Waals surface area contributed by atoms with E-state index in [1.54, 1.807) is 11.3 Å². The lowest BCUT2D eigenvalue weighted by Gasteiger charge is -2.06. The number of aliphatic hydroxyl groups is 1. The molecule has 2 aromatic heterocycles. The number of benzene rings is 1. The van der Waals surface area contributed by atoms with Gasteiger partial charge < -0.3 is 10.4 Å². The van der Waals surface area contributed by atoms with E-state index in [1.165, 1.54) is 5.56 Å². The maximum atomic E-state index is 8.81. The normalized spacial score (nSPS) is 11.0. The van der Waals surface area contributed by atoms with E-state index in [2.05, 4.69) is 33.5 Å². The minimum atomic E-state index is 0.245. The Morgan fingerprint density at radius 2 is 1.91 bits per heavy atom. The van der Waals surface area contributed by atoms with Gasteiger partial charge in [-0.3, -0.25) is 0 Å². The first kappa shape index (κ1) is 16.2. The highest BCUT2D eigenvalue weighted by Gasteiger charge is 2.11. The van der Waals surface area contributed by atoms with Gasteiger partial charge in [-0.1, -0.05) is 30.3 Å². The molecule has 6 heteroatoms. The van der Waals surface area contributed by atoms with Crippen molar-refractivity contribution in [3.63, 3.8) is 0 Å². The van der Waals surface area contributed by atoms with Crippen molar-refractivity contribution in [2.24, 2.45) is 0 Å². The van der Waals surface area contributed by atoms with Gasteiger partial charge >= 0.3 is 0 Å².